The maximum absolute atomic E-state index is 11.8. The quantitative estimate of drug-likeness (QED) is 0.838. The molecule has 0 aliphatic carbocycles. The summed E-state index contributed by atoms with van der Waals surface area (Å²) in [6.07, 6.45) is 2.17. The number of nitrogens with one attached hydrogen (secondary N) is 1. The largest absolute Gasteiger partial charge is 0.381 e. The van der Waals surface area contributed by atoms with Crippen LogP contribution in [-0.4, -0.2) is 30.6 Å². The Morgan fingerprint density at radius 3 is 3.18 bits per heavy atom. The molecule has 0 spiro atoms. The smallest absolute Gasteiger partial charge is 0.269 e. The Hall–Kier alpha value is -1.13. The van der Waals surface area contributed by atoms with Crippen molar-refractivity contribution in [3.63, 3.8) is 0 Å². The Kier molecular flexibility index (Phi) is 4.34. The summed E-state index contributed by atoms with van der Waals surface area (Å²) in [5.74, 6) is 0.227. The van der Waals surface area contributed by atoms with Gasteiger partial charge < -0.3 is 10.1 Å². The molecule has 1 saturated heterocycles. The first-order valence-corrected chi connectivity index (χ1v) is 6.12. The van der Waals surface area contributed by atoms with Gasteiger partial charge in [-0.3, -0.25) is 4.79 Å². The lowest BCUT2D eigenvalue weighted by Gasteiger charge is -2.22. The van der Waals surface area contributed by atoms with Gasteiger partial charge in [0, 0.05) is 13.2 Å². The molecular weight excluding hydrogens is 240 g/mol. The second-order valence-electron chi connectivity index (χ2n) is 4.14. The molecule has 5 heteroatoms. The number of carbonyl (C=O) groups excluding carboxylic acids is 1. The number of aromatic nitrogens is 1. The molecule has 1 aromatic rings. The molecule has 1 atom stereocenters. The summed E-state index contributed by atoms with van der Waals surface area (Å²) in [6, 6.07) is 5.01. The van der Waals surface area contributed by atoms with Crippen molar-refractivity contribution in [1.29, 1.82) is 0 Å². The Balaban J connectivity index is 1.84. The van der Waals surface area contributed by atoms with E-state index >= 15 is 0 Å². The summed E-state index contributed by atoms with van der Waals surface area (Å²) < 4.78 is 5.35. The van der Waals surface area contributed by atoms with Crippen LogP contribution in [0.1, 0.15) is 23.3 Å². The zero-order valence-electron chi connectivity index (χ0n) is 9.49. The van der Waals surface area contributed by atoms with Gasteiger partial charge in [-0.15, -0.1) is 0 Å². The number of hydrogen-bond donors (Lipinski definition) is 1. The zero-order valence-corrected chi connectivity index (χ0v) is 10.2. The van der Waals surface area contributed by atoms with E-state index in [1.54, 1.807) is 18.2 Å². The van der Waals surface area contributed by atoms with Crippen LogP contribution in [0.25, 0.3) is 0 Å². The Morgan fingerprint density at radius 1 is 1.59 bits per heavy atom. The third-order valence-electron chi connectivity index (χ3n) is 2.75. The molecule has 2 rings (SSSR count). The molecule has 0 saturated carbocycles. The van der Waals surface area contributed by atoms with E-state index < -0.39 is 0 Å². The average Bonchev–Trinajstić information content (AvgIpc) is 2.37. The SMILES string of the molecule is O=C(NCC1CCCOC1)c1cccc(Cl)n1. The van der Waals surface area contributed by atoms with Crippen molar-refractivity contribution in [2.45, 2.75) is 12.8 Å². The predicted octanol–water partition coefficient (Wildman–Crippen LogP) is 1.89. The summed E-state index contributed by atoms with van der Waals surface area (Å²) in [6.45, 7) is 2.19. The third kappa shape index (κ3) is 3.68. The van der Waals surface area contributed by atoms with Crippen LogP contribution in [0.4, 0.5) is 0 Å². The maximum Gasteiger partial charge on any atom is 0.269 e. The number of halogens is 1. The van der Waals surface area contributed by atoms with Gasteiger partial charge in [-0.2, -0.15) is 0 Å². The van der Waals surface area contributed by atoms with Crippen LogP contribution in [0, 0.1) is 5.92 Å². The van der Waals surface area contributed by atoms with Gasteiger partial charge in [0.1, 0.15) is 10.8 Å². The molecule has 1 amide bonds. The highest BCUT2D eigenvalue weighted by Gasteiger charge is 2.15. The van der Waals surface area contributed by atoms with Gasteiger partial charge in [-0.25, -0.2) is 4.98 Å². The second kappa shape index (κ2) is 5.98. The fourth-order valence-electron chi connectivity index (χ4n) is 1.83. The molecule has 1 aliphatic heterocycles. The van der Waals surface area contributed by atoms with E-state index in [0.29, 0.717) is 23.3 Å². The predicted molar refractivity (Wildman–Crippen MR) is 65.1 cm³/mol. The number of rotatable bonds is 3. The zero-order chi connectivity index (χ0) is 12.1. The standard InChI is InChI=1S/C12H15ClN2O2/c13-11-5-1-4-10(15-11)12(16)14-7-9-3-2-6-17-8-9/h1,4-5,9H,2-3,6-8H2,(H,14,16). The van der Waals surface area contributed by atoms with Gasteiger partial charge in [-0.1, -0.05) is 17.7 Å². The van der Waals surface area contributed by atoms with Gasteiger partial charge in [0.05, 0.1) is 6.61 Å². The van der Waals surface area contributed by atoms with Crippen molar-refractivity contribution in [1.82, 2.24) is 10.3 Å². The molecule has 4 nitrogen and oxygen atoms in total. The fraction of sp³-hybridized carbons (Fsp3) is 0.500. The molecule has 0 radical (unpaired) electrons. The molecule has 2 heterocycles. The van der Waals surface area contributed by atoms with E-state index in [1.807, 2.05) is 0 Å². The first-order valence-electron chi connectivity index (χ1n) is 5.74. The second-order valence-corrected chi connectivity index (χ2v) is 4.53. The summed E-state index contributed by atoms with van der Waals surface area (Å²) in [5.41, 5.74) is 0.356. The number of carbonyl (C=O) groups is 1. The lowest BCUT2D eigenvalue weighted by Crippen LogP contribution is -2.33. The lowest BCUT2D eigenvalue weighted by molar-refractivity contribution is 0.0535. The van der Waals surface area contributed by atoms with E-state index in [-0.39, 0.29) is 5.91 Å². The summed E-state index contributed by atoms with van der Waals surface area (Å²) in [5, 5.41) is 3.19. The van der Waals surface area contributed by atoms with Crippen molar-refractivity contribution in [3.8, 4) is 0 Å². The summed E-state index contributed by atoms with van der Waals surface area (Å²) in [4.78, 5) is 15.7. The highest BCUT2D eigenvalue weighted by atomic mass is 35.5. The lowest BCUT2D eigenvalue weighted by atomic mass is 10.0. The van der Waals surface area contributed by atoms with E-state index in [1.165, 1.54) is 0 Å². The first-order chi connectivity index (χ1) is 8.25. The van der Waals surface area contributed by atoms with Crippen LogP contribution in [0.15, 0.2) is 18.2 Å². The third-order valence-corrected chi connectivity index (χ3v) is 2.96. The van der Waals surface area contributed by atoms with E-state index in [9.17, 15) is 4.79 Å². The molecule has 1 aliphatic rings. The van der Waals surface area contributed by atoms with Crippen LogP contribution < -0.4 is 5.32 Å². The summed E-state index contributed by atoms with van der Waals surface area (Å²) in [7, 11) is 0. The van der Waals surface area contributed by atoms with E-state index in [4.69, 9.17) is 16.3 Å². The van der Waals surface area contributed by atoms with Crippen LogP contribution in [0.2, 0.25) is 5.15 Å². The van der Waals surface area contributed by atoms with E-state index in [0.717, 1.165) is 26.1 Å². The van der Waals surface area contributed by atoms with Crippen molar-refractivity contribution < 1.29 is 9.53 Å². The highest BCUT2D eigenvalue weighted by molar-refractivity contribution is 6.29. The Bertz CT molecular complexity index is 392. The van der Waals surface area contributed by atoms with Gasteiger partial charge in [0.2, 0.25) is 0 Å². The Morgan fingerprint density at radius 2 is 2.47 bits per heavy atom. The molecule has 17 heavy (non-hydrogen) atoms. The minimum Gasteiger partial charge on any atom is -0.381 e. The van der Waals surface area contributed by atoms with E-state index in [2.05, 4.69) is 10.3 Å². The van der Waals surface area contributed by atoms with Crippen LogP contribution in [0.3, 0.4) is 0 Å². The minimum absolute atomic E-state index is 0.182. The van der Waals surface area contributed by atoms with Crippen molar-refractivity contribution >= 4 is 17.5 Å². The number of pyridine rings is 1. The normalized spacial score (nSPS) is 19.9. The van der Waals surface area contributed by atoms with Gasteiger partial charge in [-0.05, 0) is 30.9 Å². The molecule has 92 valence electrons. The van der Waals surface area contributed by atoms with Crippen LogP contribution in [0.5, 0.6) is 0 Å². The maximum atomic E-state index is 11.8. The van der Waals surface area contributed by atoms with Gasteiger partial charge in [0.25, 0.3) is 5.91 Å². The molecule has 1 N–H and O–H groups in total. The van der Waals surface area contributed by atoms with Crippen molar-refractivity contribution in [2.75, 3.05) is 19.8 Å². The number of hydrogen-bond acceptors (Lipinski definition) is 3. The number of ether oxygens (including phenoxy) is 1. The highest BCUT2D eigenvalue weighted by Crippen LogP contribution is 2.12. The van der Waals surface area contributed by atoms with Gasteiger partial charge in [0.15, 0.2) is 0 Å². The molecular formula is C12H15ClN2O2. The minimum atomic E-state index is -0.182. The molecule has 1 unspecified atom stereocenters. The Labute approximate surface area is 105 Å². The van der Waals surface area contributed by atoms with Crippen LogP contribution >= 0.6 is 11.6 Å². The van der Waals surface area contributed by atoms with Crippen molar-refractivity contribution in [2.24, 2.45) is 5.92 Å². The molecule has 1 aromatic heterocycles. The monoisotopic (exact) mass is 254 g/mol. The topological polar surface area (TPSA) is 51.2 Å². The van der Waals surface area contributed by atoms with Crippen molar-refractivity contribution in [3.05, 3.63) is 29.0 Å². The molecule has 1 fully saturated rings. The average molecular weight is 255 g/mol. The summed E-state index contributed by atoms with van der Waals surface area (Å²) >= 11 is 5.73. The molecule has 0 aromatic carbocycles. The number of nitrogens with zero attached hydrogens (tertiary/aromatic N) is 1. The number of amides is 1. The van der Waals surface area contributed by atoms with Crippen LogP contribution in [-0.2, 0) is 4.74 Å². The fourth-order valence-corrected chi connectivity index (χ4v) is 1.99. The van der Waals surface area contributed by atoms with Gasteiger partial charge >= 0.3 is 0 Å². The molecule has 0 bridgehead atoms. The first kappa shape index (κ1) is 12.3.